The number of rotatable bonds is 1. The highest BCUT2D eigenvalue weighted by Crippen LogP contribution is 2.63. The molecule has 3 aliphatic rings. The summed E-state index contributed by atoms with van der Waals surface area (Å²) < 4.78 is 5.20. The Labute approximate surface area is 276 Å². The molecular weight excluding hydrogens is 587 g/mol. The van der Waals surface area contributed by atoms with Crippen molar-refractivity contribution in [3.63, 3.8) is 0 Å². The molecule has 0 fully saturated rings. The highest BCUT2D eigenvalue weighted by molar-refractivity contribution is 7.25. The zero-order valence-electron chi connectivity index (χ0n) is 25.5. The highest BCUT2D eigenvalue weighted by Gasteiger charge is 2.53. The van der Waals surface area contributed by atoms with E-state index in [1.54, 1.807) is 0 Å². The third kappa shape index (κ3) is 3.19. The number of hydrogen-bond donors (Lipinski definition) is 0. The van der Waals surface area contributed by atoms with Gasteiger partial charge in [0.1, 0.15) is 0 Å². The third-order valence-corrected chi connectivity index (χ3v) is 11.8. The van der Waals surface area contributed by atoms with Crippen LogP contribution < -0.4 is 0 Å². The first-order valence-corrected chi connectivity index (χ1v) is 17.1. The van der Waals surface area contributed by atoms with Crippen LogP contribution in [0.5, 0.6) is 0 Å². The van der Waals surface area contributed by atoms with Crippen LogP contribution in [0.4, 0.5) is 0 Å². The molecule has 8 aromatic rings. The van der Waals surface area contributed by atoms with Crippen molar-refractivity contribution in [2.75, 3.05) is 0 Å². The average Bonchev–Trinajstić information content (AvgIpc) is 3.75. The van der Waals surface area contributed by atoms with Crippen molar-refractivity contribution < 1.29 is 0 Å². The quantitative estimate of drug-likeness (QED) is 0.162. The Hall–Kier alpha value is -5.66. The number of thiophene rings is 1. The van der Waals surface area contributed by atoms with Gasteiger partial charge in [-0.1, -0.05) is 109 Å². The van der Waals surface area contributed by atoms with E-state index in [0.717, 1.165) is 6.42 Å². The number of allylic oxidation sites excluding steroid dienone is 3. The van der Waals surface area contributed by atoms with Gasteiger partial charge < -0.3 is 4.57 Å². The minimum Gasteiger partial charge on any atom is -0.308 e. The molecular formula is C45H27NS. The number of para-hydroxylation sites is 1. The van der Waals surface area contributed by atoms with Crippen LogP contribution in [0.1, 0.15) is 27.9 Å². The van der Waals surface area contributed by atoms with Crippen molar-refractivity contribution in [3.8, 4) is 27.9 Å². The SMILES string of the molecule is C1=C/C=C/Cc2c3n(c4ccccc24)-c2ccc(-c4ccc5sc6ccccc6c5c4)cc2C2(C=13)c1ccccc1-c1ccccc12. The maximum atomic E-state index is 3.92. The molecule has 2 aliphatic carbocycles. The molecule has 0 N–H and O–H groups in total. The Balaban J connectivity index is 1.30. The van der Waals surface area contributed by atoms with E-state index in [2.05, 4.69) is 162 Å². The Kier molecular flexibility index (Phi) is 5.00. The van der Waals surface area contributed by atoms with Gasteiger partial charge >= 0.3 is 0 Å². The van der Waals surface area contributed by atoms with Gasteiger partial charge in [0.15, 0.2) is 0 Å². The van der Waals surface area contributed by atoms with Crippen molar-refractivity contribution in [2.45, 2.75) is 11.8 Å². The predicted octanol–water partition coefficient (Wildman–Crippen LogP) is 11.6. The van der Waals surface area contributed by atoms with E-state index in [1.165, 1.54) is 92.5 Å². The fourth-order valence-corrected chi connectivity index (χ4v) is 9.90. The van der Waals surface area contributed by atoms with Gasteiger partial charge in [-0.25, -0.2) is 0 Å². The van der Waals surface area contributed by atoms with E-state index in [0.29, 0.717) is 0 Å². The number of hydrogen-bond acceptors (Lipinski definition) is 1. The second-order valence-corrected chi connectivity index (χ2v) is 14.0. The summed E-state index contributed by atoms with van der Waals surface area (Å²) >= 11 is 1.87. The molecule has 2 heteroatoms. The summed E-state index contributed by atoms with van der Waals surface area (Å²) in [6.45, 7) is 0. The lowest BCUT2D eigenvalue weighted by atomic mass is 9.63. The van der Waals surface area contributed by atoms with Crippen molar-refractivity contribution in [1.29, 1.82) is 0 Å². The first-order chi connectivity index (χ1) is 23.3. The maximum absolute atomic E-state index is 3.92. The number of nitrogens with zero attached hydrogens (tertiary/aromatic N) is 1. The molecule has 2 aromatic heterocycles. The lowest BCUT2D eigenvalue weighted by Crippen LogP contribution is -2.35. The van der Waals surface area contributed by atoms with Crippen LogP contribution in [0.2, 0.25) is 0 Å². The Morgan fingerprint density at radius 2 is 1.28 bits per heavy atom. The Morgan fingerprint density at radius 1 is 0.596 bits per heavy atom. The summed E-state index contributed by atoms with van der Waals surface area (Å²) in [5.74, 6) is 0. The van der Waals surface area contributed by atoms with Gasteiger partial charge in [0, 0.05) is 31.1 Å². The summed E-state index contributed by atoms with van der Waals surface area (Å²) in [6.07, 6.45) is 7.47. The largest absolute Gasteiger partial charge is 0.308 e. The summed E-state index contributed by atoms with van der Waals surface area (Å²) in [5.41, 5.74) is 18.9. The van der Waals surface area contributed by atoms with Crippen molar-refractivity contribution >= 4 is 48.0 Å². The molecule has 0 bridgehead atoms. The van der Waals surface area contributed by atoms with Crippen molar-refractivity contribution in [1.82, 2.24) is 4.57 Å². The van der Waals surface area contributed by atoms with Crippen LogP contribution in [0.3, 0.4) is 0 Å². The molecule has 0 saturated carbocycles. The number of fused-ring (bicyclic) bond motifs is 15. The van der Waals surface area contributed by atoms with E-state index in [-0.39, 0.29) is 0 Å². The number of aromatic nitrogens is 1. The zero-order chi connectivity index (χ0) is 30.7. The summed E-state index contributed by atoms with van der Waals surface area (Å²) in [4.78, 5) is 0. The normalized spacial score (nSPS) is 15.6. The third-order valence-electron chi connectivity index (χ3n) is 10.7. The van der Waals surface area contributed by atoms with Crippen LogP contribution in [0.25, 0.3) is 64.6 Å². The fourth-order valence-electron chi connectivity index (χ4n) is 8.81. The van der Waals surface area contributed by atoms with Gasteiger partial charge in [0.2, 0.25) is 0 Å². The van der Waals surface area contributed by atoms with Crippen LogP contribution in [-0.2, 0) is 11.8 Å². The summed E-state index contributed by atoms with van der Waals surface area (Å²) in [6, 6.07) is 50.0. The molecule has 11 rings (SSSR count). The van der Waals surface area contributed by atoms with E-state index >= 15 is 0 Å². The van der Waals surface area contributed by atoms with Crippen LogP contribution in [0.15, 0.2) is 157 Å². The van der Waals surface area contributed by atoms with Gasteiger partial charge in [-0.15, -0.1) is 17.1 Å². The molecule has 0 unspecified atom stereocenters. The van der Waals surface area contributed by atoms with Crippen LogP contribution in [-0.4, -0.2) is 4.57 Å². The number of benzene rings is 6. The molecule has 1 spiro atoms. The minimum atomic E-state index is -0.515. The monoisotopic (exact) mass is 613 g/mol. The molecule has 0 radical (unpaired) electrons. The fraction of sp³-hybridized carbons (Fsp3) is 0.0444. The topological polar surface area (TPSA) is 4.93 Å². The maximum Gasteiger partial charge on any atom is 0.0827 e. The Bertz CT molecular complexity index is 2710. The van der Waals surface area contributed by atoms with Gasteiger partial charge in [-0.3, -0.25) is 0 Å². The van der Waals surface area contributed by atoms with Crippen LogP contribution in [0, 0.1) is 0 Å². The van der Waals surface area contributed by atoms with Crippen molar-refractivity contribution in [3.05, 3.63) is 185 Å². The van der Waals surface area contributed by atoms with Gasteiger partial charge in [-0.2, -0.15) is 0 Å². The average molecular weight is 614 g/mol. The molecule has 0 amide bonds. The van der Waals surface area contributed by atoms with Gasteiger partial charge in [-0.05, 0) is 93.4 Å². The van der Waals surface area contributed by atoms with E-state index in [9.17, 15) is 0 Å². The Morgan fingerprint density at radius 3 is 2.13 bits per heavy atom. The van der Waals surface area contributed by atoms with Crippen molar-refractivity contribution in [2.24, 2.45) is 0 Å². The predicted molar refractivity (Wildman–Crippen MR) is 198 cm³/mol. The minimum absolute atomic E-state index is 0.515. The van der Waals surface area contributed by atoms with Crippen LogP contribution >= 0.6 is 11.3 Å². The second kappa shape index (κ2) is 9.21. The smallest absolute Gasteiger partial charge is 0.0827 e. The second-order valence-electron chi connectivity index (χ2n) is 12.9. The molecule has 3 heterocycles. The first kappa shape index (κ1) is 25.5. The molecule has 218 valence electrons. The summed E-state index contributed by atoms with van der Waals surface area (Å²) in [7, 11) is 0. The van der Waals surface area contributed by atoms with E-state index in [1.807, 2.05) is 11.3 Å². The first-order valence-electron chi connectivity index (χ1n) is 16.3. The van der Waals surface area contributed by atoms with E-state index < -0.39 is 5.41 Å². The molecule has 6 aromatic carbocycles. The lowest BCUT2D eigenvalue weighted by molar-refractivity contribution is 0.776. The lowest BCUT2D eigenvalue weighted by Gasteiger charge is -2.41. The molecule has 1 nitrogen and oxygen atoms in total. The van der Waals surface area contributed by atoms with Gasteiger partial charge in [0.25, 0.3) is 0 Å². The molecule has 47 heavy (non-hydrogen) atoms. The molecule has 0 saturated heterocycles. The summed E-state index contributed by atoms with van der Waals surface area (Å²) in [5, 5.41) is 3.97. The zero-order valence-corrected chi connectivity index (χ0v) is 26.3. The van der Waals surface area contributed by atoms with E-state index in [4.69, 9.17) is 0 Å². The highest BCUT2D eigenvalue weighted by atomic mass is 32.1. The molecule has 0 atom stereocenters. The van der Waals surface area contributed by atoms with Gasteiger partial charge in [0.05, 0.1) is 22.3 Å². The molecule has 1 aliphatic heterocycles. The standard InChI is InChI=1S/C45H27NS/c1-2-16-34-32-14-6-10-20-40(32)46-41-24-22-29(28-23-25-43-35(26-28)33-15-7-11-21-42(33)47-43)27-39(41)45(38(19-3-1)44(34)46)36-17-8-4-12-30(36)31-13-5-9-18-37(31)45/h1-15,17-18,20-27H,16H2/b2-1+.